The van der Waals surface area contributed by atoms with Gasteiger partial charge in [0.25, 0.3) is 5.91 Å². The number of halogens is 1. The Labute approximate surface area is 150 Å². The Hall–Kier alpha value is -1.58. The Kier molecular flexibility index (Phi) is 4.09. The maximum absolute atomic E-state index is 13.1. The number of benzene rings is 1. The monoisotopic (exact) mass is 367 g/mol. The van der Waals surface area contributed by atoms with Gasteiger partial charge >= 0.3 is 0 Å². The second-order valence-corrected chi connectivity index (χ2v) is 7.59. The number of ether oxygens (including phenoxy) is 5. The molecule has 142 valence electrons. The summed E-state index contributed by atoms with van der Waals surface area (Å²) in [5.74, 6) is -2.52. The molecule has 0 spiro atoms. The highest BCUT2D eigenvalue weighted by molar-refractivity contribution is 5.94. The third-order valence-electron chi connectivity index (χ3n) is 4.52. The van der Waals surface area contributed by atoms with Crippen molar-refractivity contribution >= 4 is 11.6 Å². The zero-order chi connectivity index (χ0) is 18.7. The average Bonchev–Trinajstić information content (AvgIpc) is 3.02. The molecular weight excluding hydrogens is 345 g/mol. The number of fused-ring (bicyclic) bond motifs is 3. The van der Waals surface area contributed by atoms with Gasteiger partial charge in [-0.1, -0.05) is 0 Å². The van der Waals surface area contributed by atoms with E-state index in [9.17, 15) is 9.18 Å². The van der Waals surface area contributed by atoms with E-state index in [1.807, 2.05) is 0 Å². The number of carbonyl (C=O) groups excluding carboxylic acids is 1. The van der Waals surface area contributed by atoms with Gasteiger partial charge in [-0.15, -0.1) is 0 Å². The van der Waals surface area contributed by atoms with Crippen LogP contribution in [0.3, 0.4) is 0 Å². The zero-order valence-corrected chi connectivity index (χ0v) is 15.0. The molecule has 3 saturated heterocycles. The van der Waals surface area contributed by atoms with Gasteiger partial charge < -0.3 is 29.0 Å². The molecule has 3 fully saturated rings. The number of hydrogen-bond donors (Lipinski definition) is 1. The molecule has 1 aromatic rings. The van der Waals surface area contributed by atoms with Gasteiger partial charge in [-0.05, 0) is 52.0 Å². The number of carbonyl (C=O) groups is 1. The van der Waals surface area contributed by atoms with Crippen LogP contribution in [0.25, 0.3) is 0 Å². The maximum Gasteiger partial charge on any atom is 0.256 e. The Morgan fingerprint density at radius 1 is 0.923 bits per heavy atom. The number of anilines is 1. The average molecular weight is 367 g/mol. The minimum absolute atomic E-state index is 0.382. The van der Waals surface area contributed by atoms with Crippen molar-refractivity contribution in [2.75, 3.05) is 5.32 Å². The predicted molar refractivity (Wildman–Crippen MR) is 87.6 cm³/mol. The molecule has 3 aliphatic rings. The van der Waals surface area contributed by atoms with Crippen molar-refractivity contribution in [2.45, 2.75) is 70.0 Å². The molecule has 1 amide bonds. The van der Waals surface area contributed by atoms with Crippen molar-refractivity contribution in [2.24, 2.45) is 0 Å². The number of amides is 1. The van der Waals surface area contributed by atoms with Crippen molar-refractivity contribution in [3.05, 3.63) is 30.1 Å². The predicted octanol–water partition coefficient (Wildman–Crippen LogP) is 2.16. The summed E-state index contributed by atoms with van der Waals surface area (Å²) < 4.78 is 42.5. The number of hydrogen-bond acceptors (Lipinski definition) is 6. The molecule has 5 atom stereocenters. The SMILES string of the molecule is CC1(C)O[C@H]2[C@@H](O1)[C@H](C(=O)Nc1ccc(F)cc1)O[C@H]1OC(C)(C)O[C@@H]12. The van der Waals surface area contributed by atoms with Crippen LogP contribution in [0, 0.1) is 5.82 Å². The van der Waals surface area contributed by atoms with Crippen LogP contribution in [-0.2, 0) is 28.5 Å². The van der Waals surface area contributed by atoms with E-state index < -0.39 is 48.2 Å². The van der Waals surface area contributed by atoms with Gasteiger partial charge in [-0.2, -0.15) is 0 Å². The van der Waals surface area contributed by atoms with Crippen molar-refractivity contribution in [1.29, 1.82) is 0 Å². The molecule has 26 heavy (non-hydrogen) atoms. The van der Waals surface area contributed by atoms with Gasteiger partial charge in [0.1, 0.15) is 24.1 Å². The molecule has 3 aliphatic heterocycles. The molecular formula is C18H22FNO6. The first-order valence-electron chi connectivity index (χ1n) is 8.57. The molecule has 4 rings (SSSR count). The van der Waals surface area contributed by atoms with Crippen LogP contribution < -0.4 is 5.32 Å². The normalized spacial score (nSPS) is 37.0. The van der Waals surface area contributed by atoms with Crippen LogP contribution in [0.5, 0.6) is 0 Å². The van der Waals surface area contributed by atoms with E-state index >= 15 is 0 Å². The molecule has 3 heterocycles. The Morgan fingerprint density at radius 3 is 2.19 bits per heavy atom. The summed E-state index contributed by atoms with van der Waals surface area (Å²) in [6, 6.07) is 5.49. The molecule has 7 nitrogen and oxygen atoms in total. The second-order valence-electron chi connectivity index (χ2n) is 7.59. The standard InChI is InChI=1S/C18H22FNO6/c1-17(2)23-11-12(24-17)14-16(26-18(3,4)25-14)22-13(11)15(21)20-10-7-5-9(19)6-8-10/h5-8,11-14,16H,1-4H3,(H,20,21)/t11-,12+,13-,14-,16+/m1/s1. The smallest absolute Gasteiger partial charge is 0.256 e. The molecule has 1 aromatic carbocycles. The van der Waals surface area contributed by atoms with Gasteiger partial charge in [0.05, 0.1) is 0 Å². The van der Waals surface area contributed by atoms with Crippen molar-refractivity contribution < 1.29 is 32.9 Å². The zero-order valence-electron chi connectivity index (χ0n) is 15.0. The summed E-state index contributed by atoms with van der Waals surface area (Å²) in [5.41, 5.74) is 0.459. The summed E-state index contributed by atoms with van der Waals surface area (Å²) in [5, 5.41) is 2.72. The molecule has 0 aromatic heterocycles. The van der Waals surface area contributed by atoms with Crippen LogP contribution in [0.4, 0.5) is 10.1 Å². The third kappa shape index (κ3) is 3.23. The van der Waals surface area contributed by atoms with E-state index in [2.05, 4.69) is 5.32 Å². The Bertz CT molecular complexity index is 706. The lowest BCUT2D eigenvalue weighted by Gasteiger charge is -2.36. The molecule has 0 unspecified atom stereocenters. The topological polar surface area (TPSA) is 75.3 Å². The molecule has 0 radical (unpaired) electrons. The number of rotatable bonds is 2. The summed E-state index contributed by atoms with van der Waals surface area (Å²) in [6.07, 6.45) is -3.34. The highest BCUT2D eigenvalue weighted by Gasteiger charge is 2.62. The third-order valence-corrected chi connectivity index (χ3v) is 4.52. The lowest BCUT2D eigenvalue weighted by Crippen LogP contribution is -2.58. The summed E-state index contributed by atoms with van der Waals surface area (Å²) >= 11 is 0. The maximum atomic E-state index is 13.1. The van der Waals surface area contributed by atoms with E-state index in [0.29, 0.717) is 5.69 Å². The van der Waals surface area contributed by atoms with Crippen LogP contribution >= 0.6 is 0 Å². The molecule has 1 N–H and O–H groups in total. The lowest BCUT2D eigenvalue weighted by atomic mass is 9.98. The van der Waals surface area contributed by atoms with Crippen LogP contribution in [0.15, 0.2) is 24.3 Å². The molecule has 0 aliphatic carbocycles. The van der Waals surface area contributed by atoms with Gasteiger partial charge in [-0.3, -0.25) is 4.79 Å². The Balaban J connectivity index is 1.57. The van der Waals surface area contributed by atoms with E-state index in [-0.39, 0.29) is 5.82 Å². The fourth-order valence-corrected chi connectivity index (χ4v) is 3.57. The van der Waals surface area contributed by atoms with Gasteiger partial charge in [0.15, 0.2) is 24.0 Å². The highest BCUT2D eigenvalue weighted by Crippen LogP contribution is 2.44. The van der Waals surface area contributed by atoms with Crippen LogP contribution in [0.1, 0.15) is 27.7 Å². The quantitative estimate of drug-likeness (QED) is 0.863. The van der Waals surface area contributed by atoms with Gasteiger partial charge in [0, 0.05) is 5.69 Å². The summed E-state index contributed by atoms with van der Waals surface area (Å²) in [7, 11) is 0. The molecule has 0 bridgehead atoms. The first-order valence-corrected chi connectivity index (χ1v) is 8.57. The van der Waals surface area contributed by atoms with Gasteiger partial charge in [0.2, 0.25) is 0 Å². The highest BCUT2D eigenvalue weighted by atomic mass is 19.1. The fourth-order valence-electron chi connectivity index (χ4n) is 3.57. The van der Waals surface area contributed by atoms with E-state index in [1.165, 1.54) is 24.3 Å². The lowest BCUT2D eigenvalue weighted by molar-refractivity contribution is -0.229. The molecule has 8 heteroatoms. The van der Waals surface area contributed by atoms with E-state index in [0.717, 1.165) is 0 Å². The second kappa shape index (κ2) is 5.97. The van der Waals surface area contributed by atoms with E-state index in [1.54, 1.807) is 27.7 Å². The molecule has 0 saturated carbocycles. The minimum atomic E-state index is -0.953. The van der Waals surface area contributed by atoms with Crippen LogP contribution in [0.2, 0.25) is 0 Å². The van der Waals surface area contributed by atoms with Gasteiger partial charge in [-0.25, -0.2) is 4.39 Å². The van der Waals surface area contributed by atoms with Crippen molar-refractivity contribution in [3.63, 3.8) is 0 Å². The van der Waals surface area contributed by atoms with E-state index in [4.69, 9.17) is 23.7 Å². The minimum Gasteiger partial charge on any atom is -0.342 e. The van der Waals surface area contributed by atoms with Crippen LogP contribution in [-0.4, -0.2) is 48.2 Å². The first kappa shape index (κ1) is 17.8. The fraction of sp³-hybridized carbons (Fsp3) is 0.611. The largest absolute Gasteiger partial charge is 0.342 e. The number of nitrogens with one attached hydrogen (secondary N) is 1. The summed E-state index contributed by atoms with van der Waals surface area (Å²) in [4.78, 5) is 12.8. The van der Waals surface area contributed by atoms with Crippen molar-refractivity contribution in [1.82, 2.24) is 0 Å². The Morgan fingerprint density at radius 2 is 1.50 bits per heavy atom. The van der Waals surface area contributed by atoms with Crippen molar-refractivity contribution in [3.8, 4) is 0 Å². The summed E-state index contributed by atoms with van der Waals surface area (Å²) in [6.45, 7) is 7.10. The first-order chi connectivity index (χ1) is 12.1.